The molecule has 1 fully saturated rings. The SMILES string of the molecule is COC(=O)[C@H](CC1C[C@@H](C)[C@@H](C)C1)NC(=O)OC(C)(C)C. The molecular formula is C16H29NO4. The van der Waals surface area contributed by atoms with Gasteiger partial charge in [-0.2, -0.15) is 0 Å². The lowest BCUT2D eigenvalue weighted by Gasteiger charge is -2.24. The number of amides is 1. The zero-order valence-corrected chi connectivity index (χ0v) is 14.1. The molecule has 1 saturated carbocycles. The molecule has 1 N–H and O–H groups in total. The summed E-state index contributed by atoms with van der Waals surface area (Å²) in [5.74, 6) is 1.35. The van der Waals surface area contributed by atoms with E-state index in [0.29, 0.717) is 24.2 Å². The minimum absolute atomic E-state index is 0.409. The van der Waals surface area contributed by atoms with Crippen LogP contribution in [0.5, 0.6) is 0 Å². The Balaban J connectivity index is 2.60. The molecule has 1 unspecified atom stereocenters. The molecule has 1 rings (SSSR count). The van der Waals surface area contributed by atoms with E-state index in [2.05, 4.69) is 19.2 Å². The minimum atomic E-state index is -0.632. The molecule has 1 aliphatic carbocycles. The summed E-state index contributed by atoms with van der Waals surface area (Å²) >= 11 is 0. The van der Waals surface area contributed by atoms with E-state index >= 15 is 0 Å². The van der Waals surface area contributed by atoms with Crippen molar-refractivity contribution in [2.24, 2.45) is 17.8 Å². The Morgan fingerprint density at radius 1 is 1.19 bits per heavy atom. The van der Waals surface area contributed by atoms with Crippen molar-refractivity contribution in [2.45, 2.75) is 65.5 Å². The molecule has 21 heavy (non-hydrogen) atoms. The van der Waals surface area contributed by atoms with Gasteiger partial charge in [0.15, 0.2) is 0 Å². The van der Waals surface area contributed by atoms with Gasteiger partial charge in [0, 0.05) is 0 Å². The van der Waals surface area contributed by atoms with Gasteiger partial charge in [-0.05, 0) is 57.8 Å². The Kier molecular flexibility index (Phi) is 6.05. The Morgan fingerprint density at radius 2 is 1.71 bits per heavy atom. The van der Waals surface area contributed by atoms with Crippen LogP contribution in [0.4, 0.5) is 4.79 Å². The first kappa shape index (κ1) is 17.8. The van der Waals surface area contributed by atoms with E-state index in [1.54, 1.807) is 20.8 Å². The van der Waals surface area contributed by atoms with Gasteiger partial charge < -0.3 is 14.8 Å². The van der Waals surface area contributed by atoms with Crippen LogP contribution in [-0.2, 0) is 14.3 Å². The summed E-state index contributed by atoms with van der Waals surface area (Å²) in [6.45, 7) is 9.85. The first-order valence-corrected chi connectivity index (χ1v) is 7.69. The van der Waals surface area contributed by atoms with E-state index in [1.807, 2.05) is 0 Å². The van der Waals surface area contributed by atoms with Crippen molar-refractivity contribution in [3.05, 3.63) is 0 Å². The van der Waals surface area contributed by atoms with E-state index in [9.17, 15) is 9.59 Å². The zero-order chi connectivity index (χ0) is 16.2. The number of hydrogen-bond donors (Lipinski definition) is 1. The summed E-state index contributed by atoms with van der Waals surface area (Å²) in [6.07, 6.45) is 2.22. The first-order chi connectivity index (χ1) is 9.62. The van der Waals surface area contributed by atoms with Crippen molar-refractivity contribution in [1.29, 1.82) is 0 Å². The van der Waals surface area contributed by atoms with Crippen LogP contribution in [0.3, 0.4) is 0 Å². The Bertz CT molecular complexity index is 365. The van der Waals surface area contributed by atoms with Crippen LogP contribution in [0.2, 0.25) is 0 Å². The molecule has 0 saturated heterocycles. The molecule has 0 heterocycles. The summed E-state index contributed by atoms with van der Waals surface area (Å²) in [7, 11) is 1.34. The third-order valence-electron chi connectivity index (χ3n) is 4.13. The number of methoxy groups -OCH3 is 1. The maximum absolute atomic E-state index is 11.9. The molecule has 0 aromatic heterocycles. The smallest absolute Gasteiger partial charge is 0.408 e. The molecule has 0 aliphatic heterocycles. The number of ether oxygens (including phenoxy) is 2. The van der Waals surface area contributed by atoms with Crippen LogP contribution < -0.4 is 5.32 Å². The van der Waals surface area contributed by atoms with Gasteiger partial charge in [-0.1, -0.05) is 13.8 Å². The molecule has 1 aliphatic rings. The zero-order valence-electron chi connectivity index (χ0n) is 14.1. The molecule has 5 heteroatoms. The fourth-order valence-corrected chi connectivity index (χ4v) is 2.94. The van der Waals surface area contributed by atoms with Crippen LogP contribution >= 0.6 is 0 Å². The molecule has 5 nitrogen and oxygen atoms in total. The van der Waals surface area contributed by atoms with Crippen molar-refractivity contribution in [3.63, 3.8) is 0 Å². The van der Waals surface area contributed by atoms with Crippen molar-refractivity contribution in [2.75, 3.05) is 7.11 Å². The van der Waals surface area contributed by atoms with Crippen LogP contribution in [0.25, 0.3) is 0 Å². The standard InChI is InChI=1S/C16H29NO4/c1-10-7-12(8-11(10)2)9-13(14(18)20-6)17-15(19)21-16(3,4)5/h10-13H,7-9H2,1-6H3,(H,17,19)/t10-,11+,12?,13-/m0/s1. The fourth-order valence-electron chi connectivity index (χ4n) is 2.94. The second-order valence-corrected chi connectivity index (χ2v) is 7.25. The van der Waals surface area contributed by atoms with E-state index in [0.717, 1.165) is 12.8 Å². The average Bonchev–Trinajstić information content (AvgIpc) is 2.64. The van der Waals surface area contributed by atoms with E-state index in [1.165, 1.54) is 7.11 Å². The lowest BCUT2D eigenvalue weighted by Crippen LogP contribution is -2.44. The number of alkyl carbamates (subject to hydrolysis) is 1. The monoisotopic (exact) mass is 299 g/mol. The third-order valence-corrected chi connectivity index (χ3v) is 4.13. The highest BCUT2D eigenvalue weighted by atomic mass is 16.6. The second kappa shape index (κ2) is 7.14. The van der Waals surface area contributed by atoms with Crippen LogP contribution in [0.15, 0.2) is 0 Å². The third kappa shape index (κ3) is 5.94. The van der Waals surface area contributed by atoms with Crippen LogP contribution in [0, 0.1) is 17.8 Å². The topological polar surface area (TPSA) is 64.6 Å². The van der Waals surface area contributed by atoms with Gasteiger partial charge in [-0.3, -0.25) is 0 Å². The summed E-state index contributed by atoms with van der Waals surface area (Å²) in [5.41, 5.74) is -0.582. The van der Waals surface area contributed by atoms with E-state index in [-0.39, 0.29) is 0 Å². The first-order valence-electron chi connectivity index (χ1n) is 7.69. The summed E-state index contributed by atoms with van der Waals surface area (Å²) in [6, 6.07) is -0.632. The largest absolute Gasteiger partial charge is 0.467 e. The molecule has 4 atom stereocenters. The summed E-state index contributed by atoms with van der Waals surface area (Å²) < 4.78 is 10.0. The Labute approximate surface area is 127 Å². The van der Waals surface area contributed by atoms with Crippen LogP contribution in [-0.4, -0.2) is 30.8 Å². The fraction of sp³-hybridized carbons (Fsp3) is 0.875. The normalized spacial score (nSPS) is 27.0. The molecule has 0 aromatic carbocycles. The predicted molar refractivity (Wildman–Crippen MR) is 80.8 cm³/mol. The van der Waals surface area contributed by atoms with Gasteiger partial charge in [0.1, 0.15) is 11.6 Å². The van der Waals surface area contributed by atoms with Crippen molar-refractivity contribution >= 4 is 12.1 Å². The van der Waals surface area contributed by atoms with Gasteiger partial charge in [0.2, 0.25) is 0 Å². The highest BCUT2D eigenvalue weighted by molar-refractivity contribution is 5.81. The Morgan fingerprint density at radius 3 is 2.14 bits per heavy atom. The van der Waals surface area contributed by atoms with Crippen LogP contribution in [0.1, 0.15) is 53.9 Å². The number of hydrogen-bond acceptors (Lipinski definition) is 4. The van der Waals surface area contributed by atoms with Gasteiger partial charge in [-0.15, -0.1) is 0 Å². The maximum atomic E-state index is 11.9. The van der Waals surface area contributed by atoms with Gasteiger partial charge in [-0.25, -0.2) is 9.59 Å². The predicted octanol–water partition coefficient (Wildman–Crippen LogP) is 3.13. The lowest BCUT2D eigenvalue weighted by molar-refractivity contribution is -0.143. The quantitative estimate of drug-likeness (QED) is 0.810. The van der Waals surface area contributed by atoms with Gasteiger partial charge in [0.25, 0.3) is 0 Å². The molecule has 0 spiro atoms. The Hall–Kier alpha value is -1.26. The molecule has 0 aromatic rings. The van der Waals surface area contributed by atoms with Crippen molar-refractivity contribution < 1.29 is 19.1 Å². The van der Waals surface area contributed by atoms with Crippen molar-refractivity contribution in [1.82, 2.24) is 5.32 Å². The van der Waals surface area contributed by atoms with E-state index < -0.39 is 23.7 Å². The maximum Gasteiger partial charge on any atom is 0.408 e. The lowest BCUT2D eigenvalue weighted by atomic mass is 9.97. The number of esters is 1. The highest BCUT2D eigenvalue weighted by Gasteiger charge is 2.33. The highest BCUT2D eigenvalue weighted by Crippen LogP contribution is 2.38. The second-order valence-electron chi connectivity index (χ2n) is 7.25. The average molecular weight is 299 g/mol. The number of rotatable bonds is 4. The van der Waals surface area contributed by atoms with E-state index in [4.69, 9.17) is 9.47 Å². The molecular weight excluding hydrogens is 270 g/mol. The number of carbonyl (C=O) groups is 2. The number of nitrogens with one attached hydrogen (secondary N) is 1. The molecule has 122 valence electrons. The van der Waals surface area contributed by atoms with Crippen molar-refractivity contribution in [3.8, 4) is 0 Å². The minimum Gasteiger partial charge on any atom is -0.467 e. The molecule has 1 amide bonds. The summed E-state index contributed by atoms with van der Waals surface area (Å²) in [4.78, 5) is 23.7. The van der Waals surface area contributed by atoms with Gasteiger partial charge in [0.05, 0.1) is 7.11 Å². The molecule has 0 bridgehead atoms. The molecule has 0 radical (unpaired) electrons. The summed E-state index contributed by atoms with van der Waals surface area (Å²) in [5, 5.41) is 2.65. The van der Waals surface area contributed by atoms with Gasteiger partial charge >= 0.3 is 12.1 Å². The number of carbonyl (C=O) groups excluding carboxylic acids is 2.